The smallest absolute Gasteiger partial charge is 0.277 e. The fourth-order valence-electron chi connectivity index (χ4n) is 2.48. The number of nitrogens with one attached hydrogen (secondary N) is 1. The van der Waals surface area contributed by atoms with E-state index < -0.39 is 15.9 Å². The largest absolute Gasteiger partial charge is 0.361 e. The number of rotatable bonds is 4. The summed E-state index contributed by atoms with van der Waals surface area (Å²) in [5, 5.41) is 6.26. The molecule has 0 bridgehead atoms. The fraction of sp³-hybridized carbons (Fsp3) is 0.333. The Hall–Kier alpha value is -2.19. The van der Waals surface area contributed by atoms with Gasteiger partial charge in [-0.3, -0.25) is 4.79 Å². The molecule has 23 heavy (non-hydrogen) atoms. The topological polar surface area (TPSA) is 92.5 Å². The van der Waals surface area contributed by atoms with Crippen LogP contribution in [0.15, 0.2) is 39.8 Å². The van der Waals surface area contributed by atoms with Crippen molar-refractivity contribution < 1.29 is 17.7 Å². The van der Waals surface area contributed by atoms with Crippen LogP contribution in [-0.4, -0.2) is 36.9 Å². The van der Waals surface area contributed by atoms with Gasteiger partial charge in [-0.15, -0.1) is 0 Å². The van der Waals surface area contributed by atoms with Crippen molar-refractivity contribution in [3.63, 3.8) is 0 Å². The van der Waals surface area contributed by atoms with E-state index in [1.807, 2.05) is 0 Å². The minimum Gasteiger partial charge on any atom is -0.361 e. The van der Waals surface area contributed by atoms with Gasteiger partial charge in [0.2, 0.25) is 10.0 Å². The Balaban J connectivity index is 1.81. The molecule has 1 amide bonds. The minimum atomic E-state index is -3.51. The predicted octanol–water partition coefficient (Wildman–Crippen LogP) is 2.02. The van der Waals surface area contributed by atoms with Gasteiger partial charge in [0.1, 0.15) is 5.76 Å². The first-order valence-corrected chi connectivity index (χ1v) is 8.76. The van der Waals surface area contributed by atoms with Gasteiger partial charge in [0.15, 0.2) is 5.69 Å². The van der Waals surface area contributed by atoms with Gasteiger partial charge in [0, 0.05) is 24.8 Å². The SMILES string of the molecule is Cc1cc(C(=O)Nc2cccc(S(=O)(=O)N3CCCC3)c2)no1. The first kappa shape index (κ1) is 15.7. The Morgan fingerprint density at radius 3 is 2.65 bits per heavy atom. The Morgan fingerprint density at radius 1 is 1.26 bits per heavy atom. The molecule has 1 N–H and O–H groups in total. The molecular weight excluding hydrogens is 318 g/mol. The lowest BCUT2D eigenvalue weighted by molar-refractivity contribution is 0.101. The van der Waals surface area contributed by atoms with Crippen molar-refractivity contribution in [2.24, 2.45) is 0 Å². The first-order chi connectivity index (χ1) is 11.0. The average Bonchev–Trinajstić information content (AvgIpc) is 3.19. The molecule has 122 valence electrons. The lowest BCUT2D eigenvalue weighted by atomic mass is 10.3. The normalized spacial score (nSPS) is 15.7. The molecule has 0 atom stereocenters. The molecule has 1 aliphatic heterocycles. The number of benzene rings is 1. The first-order valence-electron chi connectivity index (χ1n) is 7.32. The van der Waals surface area contributed by atoms with E-state index in [0.29, 0.717) is 24.5 Å². The maximum absolute atomic E-state index is 12.5. The third-order valence-corrected chi connectivity index (χ3v) is 5.55. The highest BCUT2D eigenvalue weighted by atomic mass is 32.2. The lowest BCUT2D eigenvalue weighted by Crippen LogP contribution is -2.27. The van der Waals surface area contributed by atoms with Crippen LogP contribution in [-0.2, 0) is 10.0 Å². The summed E-state index contributed by atoms with van der Waals surface area (Å²) in [4.78, 5) is 12.2. The zero-order chi connectivity index (χ0) is 16.4. The van der Waals surface area contributed by atoms with Crippen molar-refractivity contribution in [3.8, 4) is 0 Å². The highest BCUT2D eigenvalue weighted by molar-refractivity contribution is 7.89. The number of nitrogens with zero attached hydrogens (tertiary/aromatic N) is 2. The molecule has 8 heteroatoms. The average molecular weight is 335 g/mol. The Kier molecular flexibility index (Phi) is 4.18. The van der Waals surface area contributed by atoms with Gasteiger partial charge in [-0.1, -0.05) is 11.2 Å². The van der Waals surface area contributed by atoms with Crippen LogP contribution in [0.2, 0.25) is 0 Å². The molecule has 0 saturated carbocycles. The summed E-state index contributed by atoms with van der Waals surface area (Å²) >= 11 is 0. The van der Waals surface area contributed by atoms with Crippen molar-refractivity contribution in [1.29, 1.82) is 0 Å². The summed E-state index contributed by atoms with van der Waals surface area (Å²) in [7, 11) is -3.51. The molecule has 1 fully saturated rings. The number of aromatic nitrogens is 1. The molecule has 1 aliphatic rings. The van der Waals surface area contributed by atoms with E-state index in [9.17, 15) is 13.2 Å². The van der Waals surface area contributed by atoms with E-state index in [2.05, 4.69) is 10.5 Å². The fourth-order valence-corrected chi connectivity index (χ4v) is 4.04. The number of sulfonamides is 1. The monoisotopic (exact) mass is 335 g/mol. The van der Waals surface area contributed by atoms with E-state index in [-0.39, 0.29) is 10.6 Å². The summed E-state index contributed by atoms with van der Waals surface area (Å²) in [6.07, 6.45) is 1.75. The van der Waals surface area contributed by atoms with Crippen molar-refractivity contribution in [1.82, 2.24) is 9.46 Å². The Labute approximate surface area is 134 Å². The number of aryl methyl sites for hydroxylation is 1. The van der Waals surface area contributed by atoms with Crippen LogP contribution in [0.1, 0.15) is 29.1 Å². The number of anilines is 1. The van der Waals surface area contributed by atoms with Gasteiger partial charge in [0.05, 0.1) is 4.90 Å². The third-order valence-electron chi connectivity index (χ3n) is 3.66. The minimum absolute atomic E-state index is 0.148. The molecule has 0 unspecified atom stereocenters. The number of hydrogen-bond donors (Lipinski definition) is 1. The highest BCUT2D eigenvalue weighted by Gasteiger charge is 2.27. The molecule has 0 spiro atoms. The van der Waals surface area contributed by atoms with Gasteiger partial charge in [-0.2, -0.15) is 4.31 Å². The molecule has 1 aromatic heterocycles. The van der Waals surface area contributed by atoms with Crippen molar-refractivity contribution in [3.05, 3.63) is 41.8 Å². The highest BCUT2D eigenvalue weighted by Crippen LogP contribution is 2.23. The van der Waals surface area contributed by atoms with Gasteiger partial charge in [-0.25, -0.2) is 8.42 Å². The van der Waals surface area contributed by atoms with E-state index in [1.165, 1.54) is 22.5 Å². The third kappa shape index (κ3) is 3.27. The standard InChI is InChI=1S/C15H17N3O4S/c1-11-9-14(17-22-11)15(19)16-12-5-4-6-13(10-12)23(20,21)18-7-2-3-8-18/h4-6,9-10H,2-3,7-8H2,1H3,(H,16,19). The summed E-state index contributed by atoms with van der Waals surface area (Å²) in [6.45, 7) is 2.77. The van der Waals surface area contributed by atoms with Crippen molar-refractivity contribution >= 4 is 21.6 Å². The maximum atomic E-state index is 12.5. The van der Waals surface area contributed by atoms with Crippen LogP contribution in [0.25, 0.3) is 0 Å². The molecule has 0 radical (unpaired) electrons. The summed E-state index contributed by atoms with van der Waals surface area (Å²) in [5.74, 6) is 0.0816. The van der Waals surface area contributed by atoms with E-state index in [4.69, 9.17) is 4.52 Å². The van der Waals surface area contributed by atoms with Gasteiger partial charge < -0.3 is 9.84 Å². The number of amides is 1. The Bertz CT molecular complexity index is 823. The Morgan fingerprint density at radius 2 is 2.00 bits per heavy atom. The van der Waals surface area contributed by atoms with Gasteiger partial charge in [-0.05, 0) is 38.0 Å². The van der Waals surface area contributed by atoms with Gasteiger partial charge in [0.25, 0.3) is 5.91 Å². The van der Waals surface area contributed by atoms with Crippen LogP contribution < -0.4 is 5.32 Å². The molecule has 7 nitrogen and oxygen atoms in total. The molecular formula is C15H17N3O4S. The van der Waals surface area contributed by atoms with Crippen LogP contribution in [0.5, 0.6) is 0 Å². The quantitative estimate of drug-likeness (QED) is 0.923. The van der Waals surface area contributed by atoms with Crippen LogP contribution in [0, 0.1) is 6.92 Å². The van der Waals surface area contributed by atoms with Crippen molar-refractivity contribution in [2.75, 3.05) is 18.4 Å². The van der Waals surface area contributed by atoms with Crippen LogP contribution in [0.3, 0.4) is 0 Å². The number of hydrogen-bond acceptors (Lipinski definition) is 5. The van der Waals surface area contributed by atoms with E-state index in [1.54, 1.807) is 19.1 Å². The second kappa shape index (κ2) is 6.13. The molecule has 1 aromatic carbocycles. The zero-order valence-electron chi connectivity index (χ0n) is 12.7. The molecule has 2 aromatic rings. The van der Waals surface area contributed by atoms with Gasteiger partial charge >= 0.3 is 0 Å². The molecule has 3 rings (SSSR count). The molecule has 0 aliphatic carbocycles. The number of carbonyl (C=O) groups excluding carboxylic acids is 1. The zero-order valence-corrected chi connectivity index (χ0v) is 13.5. The summed E-state index contributed by atoms with van der Waals surface area (Å²) < 4.78 is 31.4. The van der Waals surface area contributed by atoms with Crippen molar-refractivity contribution in [2.45, 2.75) is 24.7 Å². The van der Waals surface area contributed by atoms with E-state index >= 15 is 0 Å². The predicted molar refractivity (Wildman–Crippen MR) is 83.6 cm³/mol. The second-order valence-corrected chi connectivity index (χ2v) is 7.35. The summed E-state index contributed by atoms with van der Waals surface area (Å²) in [6, 6.07) is 7.74. The molecule has 1 saturated heterocycles. The van der Waals surface area contributed by atoms with E-state index in [0.717, 1.165) is 12.8 Å². The van der Waals surface area contributed by atoms with Crippen LogP contribution >= 0.6 is 0 Å². The maximum Gasteiger partial charge on any atom is 0.277 e. The number of carbonyl (C=O) groups is 1. The summed E-state index contributed by atoms with van der Waals surface area (Å²) in [5.41, 5.74) is 0.547. The van der Waals surface area contributed by atoms with Crippen LogP contribution in [0.4, 0.5) is 5.69 Å². The second-order valence-electron chi connectivity index (χ2n) is 5.42. The molecule has 2 heterocycles. The lowest BCUT2D eigenvalue weighted by Gasteiger charge is -2.16.